The van der Waals surface area contributed by atoms with Crippen molar-refractivity contribution in [2.24, 2.45) is 0 Å². The summed E-state index contributed by atoms with van der Waals surface area (Å²) in [4.78, 5) is 20.8. The van der Waals surface area contributed by atoms with Crippen LogP contribution in [-0.4, -0.2) is 23.3 Å². The summed E-state index contributed by atoms with van der Waals surface area (Å²) in [6.07, 6.45) is 16.7. The first-order valence-electron chi connectivity index (χ1n) is 8.91. The fourth-order valence-corrected chi connectivity index (χ4v) is 1.52. The Kier molecular flexibility index (Phi) is 29.8. The average Bonchev–Trinajstić information content (AvgIpc) is 2.48. The van der Waals surface area contributed by atoms with Gasteiger partial charge < -0.3 is 5.11 Å². The second-order valence-electron chi connectivity index (χ2n) is 5.33. The number of ketones is 2. The zero-order valence-corrected chi connectivity index (χ0v) is 15.9. The van der Waals surface area contributed by atoms with Crippen molar-refractivity contribution in [2.45, 2.75) is 86.0 Å². The van der Waals surface area contributed by atoms with Crippen LogP contribution in [0.25, 0.3) is 0 Å². The largest absolute Gasteiger partial charge is 0.397 e. The summed E-state index contributed by atoms with van der Waals surface area (Å²) in [5.41, 5.74) is 0. The number of carbonyl (C=O) groups is 2. The topological polar surface area (TPSA) is 54.4 Å². The summed E-state index contributed by atoms with van der Waals surface area (Å²) in [6, 6.07) is 0. The minimum Gasteiger partial charge on any atom is -0.397 e. The Morgan fingerprint density at radius 3 is 1.26 bits per heavy atom. The molecule has 0 bridgehead atoms. The van der Waals surface area contributed by atoms with Gasteiger partial charge in [-0.1, -0.05) is 51.7 Å². The van der Waals surface area contributed by atoms with Crippen molar-refractivity contribution in [1.82, 2.24) is 0 Å². The van der Waals surface area contributed by atoms with E-state index in [1.54, 1.807) is 32.9 Å². The quantitative estimate of drug-likeness (QED) is 0.430. The molecule has 0 atom stereocenters. The number of hydrogen-bond acceptors (Lipinski definition) is 3. The standard InChI is InChI=1S/2C9H16O.C2H6O/c2*1-3-4-5-6-7-8-9(2)10;1-2-3/h2*7-8H,3-6H2,1-2H3;3H,2H2,1H3. The highest BCUT2D eigenvalue weighted by Crippen LogP contribution is 1.99. The highest BCUT2D eigenvalue weighted by Gasteiger charge is 1.83. The van der Waals surface area contributed by atoms with Crippen LogP contribution >= 0.6 is 0 Å². The maximum Gasteiger partial charge on any atom is 0.152 e. The van der Waals surface area contributed by atoms with Gasteiger partial charge in [0, 0.05) is 6.61 Å². The van der Waals surface area contributed by atoms with Crippen molar-refractivity contribution in [1.29, 1.82) is 0 Å². The van der Waals surface area contributed by atoms with Crippen LogP contribution in [0.2, 0.25) is 0 Å². The van der Waals surface area contributed by atoms with Gasteiger partial charge in [0.2, 0.25) is 0 Å². The molecule has 0 aromatic heterocycles. The van der Waals surface area contributed by atoms with Gasteiger partial charge in [0.25, 0.3) is 0 Å². The third-order valence-corrected chi connectivity index (χ3v) is 2.65. The van der Waals surface area contributed by atoms with Gasteiger partial charge in [0.05, 0.1) is 0 Å². The number of unbranched alkanes of at least 4 members (excludes halogenated alkanes) is 6. The van der Waals surface area contributed by atoms with Gasteiger partial charge in [-0.25, -0.2) is 0 Å². The van der Waals surface area contributed by atoms with Gasteiger partial charge in [-0.15, -0.1) is 0 Å². The zero-order chi connectivity index (χ0) is 18.3. The van der Waals surface area contributed by atoms with Crippen LogP contribution in [0, 0.1) is 0 Å². The number of rotatable bonds is 10. The second-order valence-corrected chi connectivity index (χ2v) is 5.33. The summed E-state index contributed by atoms with van der Waals surface area (Å²) >= 11 is 0. The minimum atomic E-state index is 0.150. The first kappa shape index (κ1) is 26.7. The molecule has 0 fully saturated rings. The van der Waals surface area contributed by atoms with Crippen molar-refractivity contribution in [3.63, 3.8) is 0 Å². The first-order chi connectivity index (χ1) is 11.0. The van der Waals surface area contributed by atoms with Crippen molar-refractivity contribution in [2.75, 3.05) is 6.61 Å². The minimum absolute atomic E-state index is 0.150. The summed E-state index contributed by atoms with van der Waals surface area (Å²) < 4.78 is 0. The van der Waals surface area contributed by atoms with E-state index in [9.17, 15) is 9.59 Å². The Balaban J connectivity index is -0.000000297. The van der Waals surface area contributed by atoms with Crippen LogP contribution in [0.1, 0.15) is 86.0 Å². The molecule has 0 amide bonds. The Morgan fingerprint density at radius 1 is 0.739 bits per heavy atom. The molecule has 0 spiro atoms. The first-order valence-corrected chi connectivity index (χ1v) is 8.91. The van der Waals surface area contributed by atoms with Crippen LogP contribution < -0.4 is 0 Å². The van der Waals surface area contributed by atoms with Crippen LogP contribution in [0.4, 0.5) is 0 Å². The van der Waals surface area contributed by atoms with Gasteiger partial charge in [0.1, 0.15) is 0 Å². The van der Waals surface area contributed by atoms with Gasteiger partial charge in [-0.3, -0.25) is 9.59 Å². The van der Waals surface area contributed by atoms with Crippen molar-refractivity contribution in [3.05, 3.63) is 24.3 Å². The number of aliphatic hydroxyl groups excluding tert-OH is 1. The van der Waals surface area contributed by atoms with Crippen LogP contribution in [0.5, 0.6) is 0 Å². The molecule has 0 radical (unpaired) electrons. The Morgan fingerprint density at radius 2 is 1.04 bits per heavy atom. The molecule has 0 saturated heterocycles. The molecule has 0 heterocycles. The molecule has 0 rings (SSSR count). The van der Waals surface area contributed by atoms with E-state index < -0.39 is 0 Å². The summed E-state index contributed by atoms with van der Waals surface area (Å²) in [6.45, 7) is 9.44. The molecule has 0 aliphatic carbocycles. The smallest absolute Gasteiger partial charge is 0.152 e. The lowest BCUT2D eigenvalue weighted by Crippen LogP contribution is -1.79. The highest BCUT2D eigenvalue weighted by molar-refractivity contribution is 5.87. The van der Waals surface area contributed by atoms with E-state index >= 15 is 0 Å². The van der Waals surface area contributed by atoms with E-state index in [4.69, 9.17) is 5.11 Å². The fourth-order valence-electron chi connectivity index (χ4n) is 1.52. The molecule has 23 heavy (non-hydrogen) atoms. The molecule has 0 aliphatic rings. The summed E-state index contributed by atoms with van der Waals surface area (Å²) in [7, 11) is 0. The van der Waals surface area contributed by atoms with Crippen molar-refractivity contribution in [3.8, 4) is 0 Å². The normalized spacial score (nSPS) is 10.0. The lowest BCUT2D eigenvalue weighted by molar-refractivity contribution is -0.113. The van der Waals surface area contributed by atoms with Gasteiger partial charge in [-0.05, 0) is 58.6 Å². The Bertz CT molecular complexity index is 274. The molecule has 0 aliphatic heterocycles. The zero-order valence-electron chi connectivity index (χ0n) is 15.9. The molecule has 3 nitrogen and oxygen atoms in total. The van der Waals surface area contributed by atoms with E-state index in [2.05, 4.69) is 13.8 Å². The summed E-state index contributed by atoms with van der Waals surface area (Å²) in [5.74, 6) is 0.299. The third-order valence-electron chi connectivity index (χ3n) is 2.65. The predicted octanol–water partition coefficient (Wildman–Crippen LogP) is 5.42. The number of hydrogen-bond donors (Lipinski definition) is 1. The van der Waals surface area contributed by atoms with E-state index in [1.807, 2.05) is 12.2 Å². The predicted molar refractivity (Wildman–Crippen MR) is 101 cm³/mol. The SMILES string of the molecule is CCCCCC=CC(C)=O.CCCCCC=CC(C)=O.CCO. The monoisotopic (exact) mass is 326 g/mol. The van der Waals surface area contributed by atoms with Gasteiger partial charge in [0.15, 0.2) is 11.6 Å². The van der Waals surface area contributed by atoms with E-state index in [-0.39, 0.29) is 18.2 Å². The summed E-state index contributed by atoms with van der Waals surface area (Å²) in [5, 5.41) is 7.57. The highest BCUT2D eigenvalue weighted by atomic mass is 16.2. The maximum atomic E-state index is 10.4. The molecule has 0 aromatic rings. The van der Waals surface area contributed by atoms with Crippen molar-refractivity contribution >= 4 is 11.6 Å². The number of aliphatic hydroxyl groups is 1. The van der Waals surface area contributed by atoms with Crippen LogP contribution in [0.15, 0.2) is 24.3 Å². The second kappa shape index (κ2) is 25.7. The molecule has 0 unspecified atom stereocenters. The maximum absolute atomic E-state index is 10.4. The molecule has 3 heteroatoms. The molecular formula is C20H38O3. The average molecular weight is 327 g/mol. The number of carbonyl (C=O) groups excluding carboxylic acids is 2. The lowest BCUT2D eigenvalue weighted by atomic mass is 10.2. The molecule has 136 valence electrons. The van der Waals surface area contributed by atoms with Gasteiger partial charge in [-0.2, -0.15) is 0 Å². The molecule has 0 aromatic carbocycles. The van der Waals surface area contributed by atoms with Crippen LogP contribution in [0.3, 0.4) is 0 Å². The third kappa shape index (κ3) is 44.9. The van der Waals surface area contributed by atoms with E-state index in [1.165, 1.54) is 38.5 Å². The fraction of sp³-hybridized carbons (Fsp3) is 0.700. The number of allylic oxidation sites excluding steroid dienone is 4. The Hall–Kier alpha value is -1.22. The Labute approximate surface area is 143 Å². The lowest BCUT2D eigenvalue weighted by Gasteiger charge is -1.89. The van der Waals surface area contributed by atoms with E-state index in [0.717, 1.165) is 12.8 Å². The van der Waals surface area contributed by atoms with E-state index in [0.29, 0.717) is 0 Å². The van der Waals surface area contributed by atoms with Crippen molar-refractivity contribution < 1.29 is 14.7 Å². The van der Waals surface area contributed by atoms with Gasteiger partial charge >= 0.3 is 0 Å². The molecule has 1 N–H and O–H groups in total. The van der Waals surface area contributed by atoms with Crippen LogP contribution in [-0.2, 0) is 9.59 Å². The molecule has 0 saturated carbocycles. The molecular weight excluding hydrogens is 288 g/mol.